The molecule has 2 saturated carbocycles. The lowest BCUT2D eigenvalue weighted by molar-refractivity contribution is -0.150. The Morgan fingerprint density at radius 1 is 0.482 bits per heavy atom. The molecule has 0 aromatic rings. The summed E-state index contributed by atoms with van der Waals surface area (Å²) in [6, 6.07) is 0. The normalized spacial score (nSPS) is 20.1. The van der Waals surface area contributed by atoms with Gasteiger partial charge >= 0.3 is 17.9 Å². The highest BCUT2D eigenvalue weighted by Gasteiger charge is 2.24. The fourth-order valence-corrected chi connectivity index (χ4v) is 9.58. The van der Waals surface area contributed by atoms with Crippen LogP contribution in [-0.4, -0.2) is 62.8 Å². The molecule has 0 heterocycles. The second kappa shape index (κ2) is 34.3. The fourth-order valence-electron chi connectivity index (χ4n) is 9.58. The number of ether oxygens (including phenoxy) is 3. The molecule has 0 amide bonds. The highest BCUT2D eigenvalue weighted by Crippen LogP contribution is 2.37. The number of carbonyl (C=O) groups excluding carboxylic acids is 3. The van der Waals surface area contributed by atoms with Crippen LogP contribution in [0, 0.1) is 23.7 Å². The number of hydrogen-bond acceptors (Lipinski definition) is 7. The molecule has 0 aromatic heterocycles. The van der Waals surface area contributed by atoms with Gasteiger partial charge in [0.05, 0.1) is 13.2 Å². The number of esters is 3. The summed E-state index contributed by atoms with van der Waals surface area (Å²) in [6.07, 6.45) is 38.3. The number of nitrogens with zero attached hydrogens (tertiary/aromatic N) is 1. The highest BCUT2D eigenvalue weighted by molar-refractivity contribution is 5.70. The van der Waals surface area contributed by atoms with Crippen LogP contribution in [0.2, 0.25) is 0 Å². The molecule has 2 aliphatic rings. The van der Waals surface area contributed by atoms with Crippen molar-refractivity contribution >= 4 is 17.9 Å². The Bertz CT molecular complexity index is 908. The van der Waals surface area contributed by atoms with Gasteiger partial charge in [-0.25, -0.2) is 0 Å². The largest absolute Gasteiger partial charge is 0.466 e. The number of unbranched alkanes of at least 4 members (excludes halogenated alkanes) is 12. The van der Waals surface area contributed by atoms with Gasteiger partial charge in [-0.15, -0.1) is 0 Å². The van der Waals surface area contributed by atoms with E-state index < -0.39 is 0 Å². The van der Waals surface area contributed by atoms with Crippen LogP contribution in [0.3, 0.4) is 0 Å². The number of hydrogen-bond donors (Lipinski definition) is 0. The molecule has 56 heavy (non-hydrogen) atoms. The molecular weight excluding hydrogens is 699 g/mol. The van der Waals surface area contributed by atoms with Crippen LogP contribution in [0.15, 0.2) is 0 Å². The first-order valence-electron chi connectivity index (χ1n) is 24.4. The predicted molar refractivity (Wildman–Crippen MR) is 233 cm³/mol. The lowest BCUT2D eigenvalue weighted by Gasteiger charge is -2.18. The maximum atomic E-state index is 12.6. The molecule has 7 nitrogen and oxygen atoms in total. The lowest BCUT2D eigenvalue weighted by Crippen LogP contribution is -2.20. The summed E-state index contributed by atoms with van der Waals surface area (Å²) >= 11 is 0. The zero-order chi connectivity index (χ0) is 40.5. The van der Waals surface area contributed by atoms with Gasteiger partial charge in [0.15, 0.2) is 0 Å². The van der Waals surface area contributed by atoms with E-state index in [0.29, 0.717) is 32.5 Å². The Hall–Kier alpha value is -1.63. The molecule has 4 atom stereocenters. The van der Waals surface area contributed by atoms with Gasteiger partial charge in [0.25, 0.3) is 0 Å². The van der Waals surface area contributed by atoms with Crippen LogP contribution in [-0.2, 0) is 28.6 Å². The van der Waals surface area contributed by atoms with Crippen molar-refractivity contribution in [3.63, 3.8) is 0 Å². The molecule has 4 unspecified atom stereocenters. The van der Waals surface area contributed by atoms with Crippen molar-refractivity contribution in [1.29, 1.82) is 0 Å². The summed E-state index contributed by atoms with van der Waals surface area (Å²) in [5.41, 5.74) is 0. The van der Waals surface area contributed by atoms with Crippen LogP contribution < -0.4 is 0 Å². The SMILES string of the molecule is CCCC1CCC(CCCOC(=O)CCCCCCCCCC(CCCCCCCCCC(=O)OCCCC2CCC(CCC)C2)OC(=O)CCCN(C)C)C1. The third kappa shape index (κ3) is 27.9. The van der Waals surface area contributed by atoms with E-state index >= 15 is 0 Å². The third-order valence-electron chi connectivity index (χ3n) is 12.8. The minimum absolute atomic E-state index is 0.0170. The minimum atomic E-state index is -0.0439. The van der Waals surface area contributed by atoms with E-state index in [1.807, 2.05) is 14.1 Å². The molecule has 7 heteroatoms. The number of rotatable bonds is 37. The van der Waals surface area contributed by atoms with Crippen molar-refractivity contribution in [2.24, 2.45) is 23.7 Å². The average molecular weight is 790 g/mol. The van der Waals surface area contributed by atoms with Crippen LogP contribution in [0.4, 0.5) is 0 Å². The second-order valence-corrected chi connectivity index (χ2v) is 18.4. The quantitative estimate of drug-likeness (QED) is 0.0352. The Morgan fingerprint density at radius 2 is 0.857 bits per heavy atom. The first-order valence-corrected chi connectivity index (χ1v) is 24.4. The van der Waals surface area contributed by atoms with Gasteiger partial charge in [0, 0.05) is 19.3 Å². The molecule has 2 rings (SSSR count). The molecule has 0 N–H and O–H groups in total. The maximum Gasteiger partial charge on any atom is 0.306 e. The minimum Gasteiger partial charge on any atom is -0.466 e. The first kappa shape index (κ1) is 50.5. The molecule has 0 bridgehead atoms. The van der Waals surface area contributed by atoms with Gasteiger partial charge in [-0.05, 0) is 128 Å². The van der Waals surface area contributed by atoms with Crippen LogP contribution in [0.1, 0.15) is 232 Å². The summed E-state index contributed by atoms with van der Waals surface area (Å²) < 4.78 is 17.0. The molecule has 0 spiro atoms. The number of carbonyl (C=O) groups is 3. The van der Waals surface area contributed by atoms with Crippen LogP contribution in [0.5, 0.6) is 0 Å². The lowest BCUT2D eigenvalue weighted by atomic mass is 9.98. The van der Waals surface area contributed by atoms with E-state index in [1.165, 1.54) is 128 Å². The smallest absolute Gasteiger partial charge is 0.306 e. The third-order valence-corrected chi connectivity index (χ3v) is 12.8. The van der Waals surface area contributed by atoms with Crippen molar-refractivity contribution in [2.45, 2.75) is 238 Å². The molecule has 0 aliphatic heterocycles. The Balaban J connectivity index is 1.45. The monoisotopic (exact) mass is 790 g/mol. The summed E-state index contributed by atoms with van der Waals surface area (Å²) in [5, 5.41) is 0. The van der Waals surface area contributed by atoms with Crippen molar-refractivity contribution in [2.75, 3.05) is 33.9 Å². The first-order chi connectivity index (χ1) is 27.3. The van der Waals surface area contributed by atoms with E-state index in [2.05, 4.69) is 18.7 Å². The maximum absolute atomic E-state index is 12.6. The Kier molecular flexibility index (Phi) is 30.9. The zero-order valence-corrected chi connectivity index (χ0v) is 37.4. The molecule has 2 fully saturated rings. The summed E-state index contributed by atoms with van der Waals surface area (Å²) in [7, 11) is 4.08. The Morgan fingerprint density at radius 3 is 1.27 bits per heavy atom. The zero-order valence-electron chi connectivity index (χ0n) is 37.4. The van der Waals surface area contributed by atoms with Gasteiger partial charge in [-0.1, -0.05) is 129 Å². The van der Waals surface area contributed by atoms with Crippen molar-refractivity contribution in [1.82, 2.24) is 4.90 Å². The van der Waals surface area contributed by atoms with Crippen LogP contribution in [0.25, 0.3) is 0 Å². The summed E-state index contributed by atoms with van der Waals surface area (Å²) in [6.45, 7) is 6.68. The van der Waals surface area contributed by atoms with Crippen molar-refractivity contribution in [3.8, 4) is 0 Å². The predicted octanol–water partition coefficient (Wildman–Crippen LogP) is 13.3. The van der Waals surface area contributed by atoms with Gasteiger partial charge in [-0.3, -0.25) is 14.4 Å². The van der Waals surface area contributed by atoms with Crippen LogP contribution >= 0.6 is 0 Å². The van der Waals surface area contributed by atoms with E-state index in [0.717, 1.165) is 101 Å². The van der Waals surface area contributed by atoms with Gasteiger partial charge in [0.2, 0.25) is 0 Å². The van der Waals surface area contributed by atoms with E-state index in [9.17, 15) is 14.4 Å². The molecule has 0 aromatic carbocycles. The summed E-state index contributed by atoms with van der Waals surface area (Å²) in [4.78, 5) is 39.1. The van der Waals surface area contributed by atoms with Crippen molar-refractivity contribution < 1.29 is 28.6 Å². The standard InChI is InChI=1S/C49H91NO6/c1-5-24-42-33-35-44(40-42)26-22-38-54-47(51)30-19-15-11-7-9-13-17-28-46(56-49(53)32-21-37-50(3)4)29-18-14-10-8-12-16-20-31-48(52)55-39-23-27-45-36-34-43(41-45)25-6-2/h42-46H,5-41H2,1-4H3. The molecule has 328 valence electrons. The molecular formula is C49H91NO6. The van der Waals surface area contributed by atoms with E-state index in [1.54, 1.807) is 0 Å². The Labute approximate surface area is 346 Å². The second-order valence-electron chi connectivity index (χ2n) is 18.4. The molecule has 0 saturated heterocycles. The van der Waals surface area contributed by atoms with Gasteiger partial charge in [-0.2, -0.15) is 0 Å². The molecule has 0 radical (unpaired) electrons. The topological polar surface area (TPSA) is 82.1 Å². The fraction of sp³-hybridized carbons (Fsp3) is 0.939. The molecule has 2 aliphatic carbocycles. The van der Waals surface area contributed by atoms with Crippen molar-refractivity contribution in [3.05, 3.63) is 0 Å². The summed E-state index contributed by atoms with van der Waals surface area (Å²) in [5.74, 6) is 3.51. The highest BCUT2D eigenvalue weighted by atomic mass is 16.5. The van der Waals surface area contributed by atoms with Gasteiger partial charge in [0.1, 0.15) is 6.10 Å². The average Bonchev–Trinajstić information content (AvgIpc) is 3.82. The van der Waals surface area contributed by atoms with E-state index in [4.69, 9.17) is 14.2 Å². The van der Waals surface area contributed by atoms with E-state index in [-0.39, 0.29) is 24.0 Å². The van der Waals surface area contributed by atoms with Gasteiger partial charge < -0.3 is 19.1 Å².